The molecule has 0 spiro atoms. The monoisotopic (exact) mass is 293 g/mol. The predicted octanol–water partition coefficient (Wildman–Crippen LogP) is 3.36. The molecule has 6 heteroatoms. The third-order valence-corrected chi connectivity index (χ3v) is 2.79. The van der Waals surface area contributed by atoms with Gasteiger partial charge in [-0.2, -0.15) is 0 Å². The zero-order valence-corrected chi connectivity index (χ0v) is 11.4. The molecule has 1 N–H and O–H groups in total. The van der Waals surface area contributed by atoms with E-state index in [2.05, 4.69) is 5.32 Å². The number of benzene rings is 1. The van der Waals surface area contributed by atoms with Gasteiger partial charge in [0.15, 0.2) is 5.76 Å². The third kappa shape index (κ3) is 3.19. The van der Waals surface area contributed by atoms with Crippen molar-refractivity contribution in [3.63, 3.8) is 0 Å². The van der Waals surface area contributed by atoms with Crippen molar-refractivity contribution in [3.8, 4) is 0 Å². The van der Waals surface area contributed by atoms with Gasteiger partial charge >= 0.3 is 5.97 Å². The van der Waals surface area contributed by atoms with Gasteiger partial charge in [0.2, 0.25) is 0 Å². The second-order valence-corrected chi connectivity index (χ2v) is 4.25. The number of amides is 1. The summed E-state index contributed by atoms with van der Waals surface area (Å²) in [6, 6.07) is 7.72. The standard InChI is InChI=1S/C14H12ClNO4/c1-2-19-14(18)10-8-9(5-6-11(10)15)16-13(17)12-4-3-7-20-12/h3-8H,2H2,1H3,(H,16,17). The highest BCUT2D eigenvalue weighted by atomic mass is 35.5. The van der Waals surface area contributed by atoms with Crippen LogP contribution in [0, 0.1) is 0 Å². The normalized spacial score (nSPS) is 10.1. The van der Waals surface area contributed by atoms with Crippen molar-refractivity contribution in [2.45, 2.75) is 6.92 Å². The summed E-state index contributed by atoms with van der Waals surface area (Å²) in [5, 5.41) is 2.87. The van der Waals surface area contributed by atoms with Crippen LogP contribution >= 0.6 is 11.6 Å². The Morgan fingerprint density at radius 1 is 1.35 bits per heavy atom. The number of rotatable bonds is 4. The van der Waals surface area contributed by atoms with Crippen LogP contribution in [-0.2, 0) is 4.74 Å². The molecule has 1 aromatic heterocycles. The van der Waals surface area contributed by atoms with Crippen LogP contribution in [0.1, 0.15) is 27.8 Å². The molecule has 104 valence electrons. The number of esters is 1. The van der Waals surface area contributed by atoms with E-state index >= 15 is 0 Å². The molecule has 0 radical (unpaired) electrons. The van der Waals surface area contributed by atoms with E-state index < -0.39 is 11.9 Å². The van der Waals surface area contributed by atoms with E-state index in [9.17, 15) is 9.59 Å². The van der Waals surface area contributed by atoms with Crippen molar-refractivity contribution in [2.24, 2.45) is 0 Å². The van der Waals surface area contributed by atoms with Crippen LogP contribution in [-0.4, -0.2) is 18.5 Å². The Kier molecular flexibility index (Phi) is 4.42. The van der Waals surface area contributed by atoms with E-state index in [0.29, 0.717) is 5.69 Å². The van der Waals surface area contributed by atoms with E-state index in [-0.39, 0.29) is 23.0 Å². The predicted molar refractivity (Wildman–Crippen MR) is 74.1 cm³/mol. The minimum Gasteiger partial charge on any atom is -0.462 e. The molecule has 0 saturated carbocycles. The number of furan rings is 1. The molecule has 2 rings (SSSR count). The van der Waals surface area contributed by atoms with Crippen molar-refractivity contribution in [1.82, 2.24) is 0 Å². The first-order valence-electron chi connectivity index (χ1n) is 5.93. The molecule has 2 aromatic rings. The molecule has 5 nitrogen and oxygen atoms in total. The first kappa shape index (κ1) is 14.1. The van der Waals surface area contributed by atoms with Gasteiger partial charge in [-0.1, -0.05) is 11.6 Å². The van der Waals surface area contributed by atoms with Crippen LogP contribution in [0.15, 0.2) is 41.0 Å². The number of halogens is 1. The zero-order valence-electron chi connectivity index (χ0n) is 10.7. The van der Waals surface area contributed by atoms with Gasteiger partial charge < -0.3 is 14.5 Å². The second kappa shape index (κ2) is 6.25. The van der Waals surface area contributed by atoms with Crippen molar-refractivity contribution >= 4 is 29.2 Å². The Labute approximate surface area is 120 Å². The second-order valence-electron chi connectivity index (χ2n) is 3.85. The van der Waals surface area contributed by atoms with E-state index in [1.807, 2.05) is 0 Å². The highest BCUT2D eigenvalue weighted by Crippen LogP contribution is 2.22. The molecule has 0 bridgehead atoms. The summed E-state index contributed by atoms with van der Waals surface area (Å²) < 4.78 is 9.86. The van der Waals surface area contributed by atoms with Crippen LogP contribution in [0.3, 0.4) is 0 Å². The highest BCUT2D eigenvalue weighted by Gasteiger charge is 2.14. The van der Waals surface area contributed by atoms with E-state index in [0.717, 1.165) is 0 Å². The van der Waals surface area contributed by atoms with Crippen LogP contribution in [0.25, 0.3) is 0 Å². The molecule has 20 heavy (non-hydrogen) atoms. The lowest BCUT2D eigenvalue weighted by atomic mass is 10.2. The van der Waals surface area contributed by atoms with Crippen molar-refractivity contribution in [3.05, 3.63) is 52.9 Å². The summed E-state index contributed by atoms with van der Waals surface area (Å²) in [4.78, 5) is 23.5. The van der Waals surface area contributed by atoms with Crippen molar-refractivity contribution in [1.29, 1.82) is 0 Å². The van der Waals surface area contributed by atoms with Crippen molar-refractivity contribution < 1.29 is 18.7 Å². The molecule has 0 aliphatic carbocycles. The first-order chi connectivity index (χ1) is 9.61. The third-order valence-electron chi connectivity index (χ3n) is 2.46. The van der Waals surface area contributed by atoms with Crippen LogP contribution in [0.4, 0.5) is 5.69 Å². The Bertz CT molecular complexity index is 622. The Balaban J connectivity index is 2.19. The molecule has 0 fully saturated rings. The number of nitrogens with one attached hydrogen (secondary N) is 1. The van der Waals surface area contributed by atoms with Crippen LogP contribution < -0.4 is 5.32 Å². The van der Waals surface area contributed by atoms with Gasteiger partial charge in [-0.25, -0.2) is 4.79 Å². The molecule has 0 aliphatic rings. The lowest BCUT2D eigenvalue weighted by Crippen LogP contribution is -2.12. The number of carbonyl (C=O) groups is 2. The number of anilines is 1. The van der Waals surface area contributed by atoms with E-state index in [1.54, 1.807) is 19.1 Å². The molecule has 0 unspecified atom stereocenters. The highest BCUT2D eigenvalue weighted by molar-refractivity contribution is 6.33. The molecule has 1 aromatic carbocycles. The molecule has 1 amide bonds. The number of hydrogen-bond acceptors (Lipinski definition) is 4. The van der Waals surface area contributed by atoms with Gasteiger partial charge in [-0.05, 0) is 37.3 Å². The maximum atomic E-state index is 11.8. The molecule has 1 heterocycles. The van der Waals surface area contributed by atoms with Crippen LogP contribution in [0.5, 0.6) is 0 Å². The fourth-order valence-electron chi connectivity index (χ4n) is 1.57. The Hall–Kier alpha value is -2.27. The summed E-state index contributed by atoms with van der Waals surface area (Å²) in [5.41, 5.74) is 0.629. The van der Waals surface area contributed by atoms with Gasteiger partial charge in [0.25, 0.3) is 5.91 Å². The Morgan fingerprint density at radius 2 is 2.15 bits per heavy atom. The van der Waals surface area contributed by atoms with Crippen molar-refractivity contribution in [2.75, 3.05) is 11.9 Å². The first-order valence-corrected chi connectivity index (χ1v) is 6.31. The lowest BCUT2D eigenvalue weighted by Gasteiger charge is -2.08. The van der Waals surface area contributed by atoms with Gasteiger partial charge in [0.05, 0.1) is 23.5 Å². The van der Waals surface area contributed by atoms with Gasteiger partial charge in [-0.3, -0.25) is 4.79 Å². The quantitative estimate of drug-likeness (QED) is 0.878. The topological polar surface area (TPSA) is 68.5 Å². The van der Waals surface area contributed by atoms with E-state index in [1.165, 1.54) is 24.5 Å². The summed E-state index contributed by atoms with van der Waals surface area (Å²) in [6.07, 6.45) is 1.40. The number of hydrogen-bond donors (Lipinski definition) is 1. The summed E-state index contributed by atoms with van der Waals surface area (Å²) in [5.74, 6) is -0.767. The van der Waals surface area contributed by atoms with Gasteiger partial charge in [0.1, 0.15) is 0 Å². The average Bonchev–Trinajstić information content (AvgIpc) is 2.95. The number of ether oxygens (including phenoxy) is 1. The molecule has 0 saturated heterocycles. The summed E-state index contributed by atoms with van der Waals surface area (Å²) >= 11 is 5.93. The van der Waals surface area contributed by atoms with E-state index in [4.69, 9.17) is 20.8 Å². The SMILES string of the molecule is CCOC(=O)c1cc(NC(=O)c2ccco2)ccc1Cl. The Morgan fingerprint density at radius 3 is 2.80 bits per heavy atom. The van der Waals surface area contributed by atoms with Gasteiger partial charge in [-0.15, -0.1) is 0 Å². The molecular weight excluding hydrogens is 282 g/mol. The van der Waals surface area contributed by atoms with Crippen LogP contribution in [0.2, 0.25) is 5.02 Å². The lowest BCUT2D eigenvalue weighted by molar-refractivity contribution is 0.0526. The van der Waals surface area contributed by atoms with Gasteiger partial charge in [0, 0.05) is 5.69 Å². The number of carbonyl (C=O) groups excluding carboxylic acids is 2. The fraction of sp³-hybridized carbons (Fsp3) is 0.143. The summed E-state index contributed by atoms with van der Waals surface area (Å²) in [7, 11) is 0. The minimum absolute atomic E-state index is 0.178. The maximum Gasteiger partial charge on any atom is 0.339 e. The largest absolute Gasteiger partial charge is 0.462 e. The molecule has 0 aliphatic heterocycles. The fourth-order valence-corrected chi connectivity index (χ4v) is 1.76. The summed E-state index contributed by atoms with van der Waals surface area (Å²) in [6.45, 7) is 1.95. The molecular formula is C14H12ClNO4. The minimum atomic E-state index is -0.536. The average molecular weight is 294 g/mol. The molecule has 0 atom stereocenters. The zero-order chi connectivity index (χ0) is 14.5. The maximum absolute atomic E-state index is 11.8. The smallest absolute Gasteiger partial charge is 0.339 e.